The van der Waals surface area contributed by atoms with Gasteiger partial charge in [-0.1, -0.05) is 6.07 Å². The van der Waals surface area contributed by atoms with Crippen LogP contribution in [0.5, 0.6) is 11.5 Å². The minimum atomic E-state index is 0.144. The molecule has 32 heavy (non-hydrogen) atoms. The zero-order valence-corrected chi connectivity index (χ0v) is 19.7. The molecule has 1 aliphatic carbocycles. The Bertz CT molecular complexity index is 896. The van der Waals surface area contributed by atoms with Gasteiger partial charge in [-0.15, -0.1) is 0 Å². The first-order valence-electron chi connectivity index (χ1n) is 11.9. The molecule has 0 atom stereocenters. The lowest BCUT2D eigenvalue weighted by Crippen LogP contribution is -2.38. The zero-order valence-electron chi connectivity index (χ0n) is 19.7. The summed E-state index contributed by atoms with van der Waals surface area (Å²) in [6.07, 6.45) is 8.19. The molecule has 1 heterocycles. The highest BCUT2D eigenvalue weighted by atomic mass is 16.5. The third-order valence-corrected chi connectivity index (χ3v) is 6.88. The smallest absolute Gasteiger partial charge is 0.253 e. The number of benzene rings is 2. The number of amides is 1. The van der Waals surface area contributed by atoms with Gasteiger partial charge in [-0.2, -0.15) is 0 Å². The van der Waals surface area contributed by atoms with Crippen molar-refractivity contribution in [3.05, 3.63) is 53.6 Å². The van der Waals surface area contributed by atoms with Crippen LogP contribution in [0.25, 0.3) is 0 Å². The van der Waals surface area contributed by atoms with Gasteiger partial charge in [0.15, 0.2) is 11.5 Å². The Morgan fingerprint density at radius 2 is 1.66 bits per heavy atom. The predicted octanol–water partition coefficient (Wildman–Crippen LogP) is 5.18. The summed E-state index contributed by atoms with van der Waals surface area (Å²) in [5.74, 6) is 2.43. The quantitative estimate of drug-likeness (QED) is 0.600. The third kappa shape index (κ3) is 5.37. The Hall–Kier alpha value is -2.69. The van der Waals surface area contributed by atoms with Crippen LogP contribution in [0.4, 0.5) is 5.69 Å². The fourth-order valence-corrected chi connectivity index (χ4v) is 4.88. The molecule has 2 aliphatic rings. The lowest BCUT2D eigenvalue weighted by atomic mass is 9.90. The minimum Gasteiger partial charge on any atom is -0.493 e. The Morgan fingerprint density at radius 3 is 2.28 bits per heavy atom. The summed E-state index contributed by atoms with van der Waals surface area (Å²) in [6, 6.07) is 14.3. The highest BCUT2D eigenvalue weighted by molar-refractivity contribution is 5.94. The van der Waals surface area contributed by atoms with Crippen molar-refractivity contribution in [3.8, 4) is 11.5 Å². The van der Waals surface area contributed by atoms with Gasteiger partial charge in [-0.3, -0.25) is 4.79 Å². The van der Waals surface area contributed by atoms with Gasteiger partial charge in [0.1, 0.15) is 0 Å². The van der Waals surface area contributed by atoms with E-state index in [0.29, 0.717) is 12.0 Å². The lowest BCUT2D eigenvalue weighted by Gasteiger charge is -2.32. The molecule has 172 valence electrons. The average Bonchev–Trinajstić information content (AvgIpc) is 3.32. The molecule has 0 bridgehead atoms. The molecule has 2 aromatic rings. The van der Waals surface area contributed by atoms with Gasteiger partial charge in [0.25, 0.3) is 5.91 Å². The number of ether oxygens (including phenoxy) is 2. The summed E-state index contributed by atoms with van der Waals surface area (Å²) < 4.78 is 11.8. The second-order valence-corrected chi connectivity index (χ2v) is 9.39. The topological polar surface area (TPSA) is 42.0 Å². The van der Waals surface area contributed by atoms with Gasteiger partial charge in [-0.25, -0.2) is 0 Å². The highest BCUT2D eigenvalue weighted by Crippen LogP contribution is 2.34. The van der Waals surface area contributed by atoms with Crippen LogP contribution in [0.1, 0.15) is 54.4 Å². The SMILES string of the molecule is COc1ccc(CC2CCN(C(=O)c3ccc(N(C)C)cc3)CC2)cc1OC1CCCC1. The summed E-state index contributed by atoms with van der Waals surface area (Å²) >= 11 is 0. The van der Waals surface area contributed by atoms with E-state index in [4.69, 9.17) is 9.47 Å². The summed E-state index contributed by atoms with van der Waals surface area (Å²) in [7, 11) is 5.72. The molecule has 1 saturated heterocycles. The largest absolute Gasteiger partial charge is 0.493 e. The van der Waals surface area contributed by atoms with Crippen molar-refractivity contribution in [2.45, 2.75) is 51.0 Å². The van der Waals surface area contributed by atoms with E-state index in [2.05, 4.69) is 12.1 Å². The Morgan fingerprint density at radius 1 is 0.969 bits per heavy atom. The number of methoxy groups -OCH3 is 1. The molecule has 0 spiro atoms. The molecule has 2 fully saturated rings. The summed E-state index contributed by atoms with van der Waals surface area (Å²) in [5.41, 5.74) is 3.18. The molecule has 1 saturated carbocycles. The molecule has 0 radical (unpaired) electrons. The van der Waals surface area contributed by atoms with E-state index in [1.165, 1.54) is 18.4 Å². The summed E-state index contributed by atoms with van der Waals surface area (Å²) in [6.45, 7) is 1.64. The molecule has 0 aromatic heterocycles. The maximum atomic E-state index is 12.9. The van der Waals surface area contributed by atoms with Crippen molar-refractivity contribution in [3.63, 3.8) is 0 Å². The van der Waals surface area contributed by atoms with Crippen LogP contribution < -0.4 is 14.4 Å². The molecule has 0 unspecified atom stereocenters. The van der Waals surface area contributed by atoms with Gasteiger partial charge < -0.3 is 19.3 Å². The van der Waals surface area contributed by atoms with Crippen LogP contribution in [-0.2, 0) is 6.42 Å². The fraction of sp³-hybridized carbons (Fsp3) is 0.519. The van der Waals surface area contributed by atoms with Gasteiger partial charge in [-0.05, 0) is 92.8 Å². The predicted molar refractivity (Wildman–Crippen MR) is 129 cm³/mol. The highest BCUT2D eigenvalue weighted by Gasteiger charge is 2.25. The number of nitrogens with zero attached hydrogens (tertiary/aromatic N) is 2. The molecule has 0 N–H and O–H groups in total. The van der Waals surface area contributed by atoms with E-state index < -0.39 is 0 Å². The second-order valence-electron chi connectivity index (χ2n) is 9.39. The Balaban J connectivity index is 1.33. The molecule has 5 heteroatoms. The fourth-order valence-electron chi connectivity index (χ4n) is 4.88. The van der Waals surface area contributed by atoms with E-state index in [9.17, 15) is 4.79 Å². The minimum absolute atomic E-state index is 0.144. The van der Waals surface area contributed by atoms with Crippen LogP contribution in [0, 0.1) is 5.92 Å². The maximum Gasteiger partial charge on any atom is 0.253 e. The van der Waals surface area contributed by atoms with Crippen LogP contribution in [0.3, 0.4) is 0 Å². The Kier molecular flexibility index (Phi) is 7.23. The first-order chi connectivity index (χ1) is 15.5. The molecule has 1 aliphatic heterocycles. The maximum absolute atomic E-state index is 12.9. The number of hydrogen-bond acceptors (Lipinski definition) is 4. The molecular formula is C27H36N2O3. The normalized spacial score (nSPS) is 17.4. The van der Waals surface area contributed by atoms with Crippen LogP contribution in [0.15, 0.2) is 42.5 Å². The molecule has 2 aromatic carbocycles. The molecule has 4 rings (SSSR count). The van der Waals surface area contributed by atoms with Crippen LogP contribution in [0.2, 0.25) is 0 Å². The lowest BCUT2D eigenvalue weighted by molar-refractivity contribution is 0.0690. The number of likely N-dealkylation sites (tertiary alicyclic amines) is 1. The van der Waals surface area contributed by atoms with E-state index in [1.807, 2.05) is 54.2 Å². The Labute approximate surface area is 192 Å². The molecular weight excluding hydrogens is 400 g/mol. The monoisotopic (exact) mass is 436 g/mol. The first kappa shape index (κ1) is 22.5. The zero-order chi connectivity index (χ0) is 22.5. The van der Waals surface area contributed by atoms with Crippen LogP contribution in [-0.4, -0.2) is 51.2 Å². The number of piperidine rings is 1. The van der Waals surface area contributed by atoms with Gasteiger partial charge >= 0.3 is 0 Å². The van der Waals surface area contributed by atoms with Crippen molar-refractivity contribution in [1.29, 1.82) is 0 Å². The number of hydrogen-bond donors (Lipinski definition) is 0. The third-order valence-electron chi connectivity index (χ3n) is 6.88. The number of carbonyl (C=O) groups excluding carboxylic acids is 1. The van der Waals surface area contributed by atoms with E-state index in [-0.39, 0.29) is 5.91 Å². The second kappa shape index (κ2) is 10.3. The summed E-state index contributed by atoms with van der Waals surface area (Å²) in [5, 5.41) is 0. The van der Waals surface area contributed by atoms with E-state index in [1.54, 1.807) is 7.11 Å². The first-order valence-corrected chi connectivity index (χ1v) is 11.9. The summed E-state index contributed by atoms with van der Waals surface area (Å²) in [4.78, 5) is 17.0. The average molecular weight is 437 g/mol. The van der Waals surface area contributed by atoms with Gasteiger partial charge in [0.05, 0.1) is 13.2 Å². The van der Waals surface area contributed by atoms with Gasteiger partial charge in [0, 0.05) is 38.4 Å². The van der Waals surface area contributed by atoms with Crippen molar-refractivity contribution in [2.24, 2.45) is 5.92 Å². The van der Waals surface area contributed by atoms with Gasteiger partial charge in [0.2, 0.25) is 0 Å². The number of carbonyl (C=O) groups is 1. The van der Waals surface area contributed by atoms with E-state index in [0.717, 1.165) is 67.9 Å². The van der Waals surface area contributed by atoms with Crippen LogP contribution >= 0.6 is 0 Å². The van der Waals surface area contributed by atoms with Crippen molar-refractivity contribution < 1.29 is 14.3 Å². The standard InChI is InChI=1S/C27H36N2O3/c1-28(2)23-11-9-22(10-12-23)27(30)29-16-14-20(15-17-29)18-21-8-13-25(31-3)26(19-21)32-24-6-4-5-7-24/h8-13,19-20,24H,4-7,14-18H2,1-3H3. The van der Waals surface area contributed by atoms with E-state index >= 15 is 0 Å². The van der Waals surface area contributed by atoms with Crippen molar-refractivity contribution >= 4 is 11.6 Å². The number of rotatable bonds is 7. The van der Waals surface area contributed by atoms with Crippen molar-refractivity contribution in [1.82, 2.24) is 4.90 Å². The molecule has 5 nitrogen and oxygen atoms in total. The number of anilines is 1. The molecule has 1 amide bonds. The van der Waals surface area contributed by atoms with Crippen molar-refractivity contribution in [2.75, 3.05) is 39.2 Å².